The van der Waals surface area contributed by atoms with Crippen molar-refractivity contribution < 1.29 is 57.2 Å². The summed E-state index contributed by atoms with van der Waals surface area (Å²) < 4.78 is 33.6. The molecule has 0 heterocycles. The van der Waals surface area contributed by atoms with E-state index in [1.165, 1.54) is 105 Å². The van der Waals surface area contributed by atoms with Crippen molar-refractivity contribution in [3.05, 3.63) is 181 Å². The molecule has 0 unspecified atom stereocenters. The summed E-state index contributed by atoms with van der Waals surface area (Å²) in [6.07, 6.45) is 7.34. The lowest BCUT2D eigenvalue weighted by molar-refractivity contribution is -0.118. The van der Waals surface area contributed by atoms with E-state index in [0.717, 1.165) is 5.56 Å². The molecule has 0 saturated heterocycles. The molecule has 1 atom stereocenters. The Labute approximate surface area is 427 Å². The summed E-state index contributed by atoms with van der Waals surface area (Å²) in [6, 6.07) is 25.4. The maximum absolute atomic E-state index is 13.9. The Kier molecular flexibility index (Phi) is 20.4. The summed E-state index contributed by atoms with van der Waals surface area (Å²) in [5.74, 6) is -3.02. The molecule has 0 aliphatic carbocycles. The van der Waals surface area contributed by atoms with E-state index in [9.17, 15) is 34.0 Å². The van der Waals surface area contributed by atoms with Crippen LogP contribution in [0.1, 0.15) is 60.3 Å². The molecule has 0 aliphatic rings. The van der Waals surface area contributed by atoms with Crippen LogP contribution in [0.5, 0.6) is 28.7 Å². The Morgan fingerprint density at radius 3 is 1.61 bits per heavy atom. The monoisotopic (exact) mass is 1000 g/mol. The van der Waals surface area contributed by atoms with Gasteiger partial charge in [-0.2, -0.15) is 5.26 Å². The Hall–Kier alpha value is -9.89. The summed E-state index contributed by atoms with van der Waals surface area (Å²) in [5.41, 5.74) is 2.54. The fourth-order valence-corrected chi connectivity index (χ4v) is 6.78. The topological polar surface area (TPSA) is 242 Å². The molecule has 380 valence electrons. The zero-order valence-corrected chi connectivity index (χ0v) is 40.9. The van der Waals surface area contributed by atoms with Crippen LogP contribution in [-0.2, 0) is 14.3 Å². The van der Waals surface area contributed by atoms with Crippen LogP contribution in [0.3, 0.4) is 0 Å². The number of amides is 5. The van der Waals surface area contributed by atoms with Gasteiger partial charge in [-0.25, -0.2) is 4.79 Å². The van der Waals surface area contributed by atoms with Gasteiger partial charge in [0.2, 0.25) is 5.91 Å². The number of rotatable bonds is 26. The molecular formula is C56H54N6O12. The van der Waals surface area contributed by atoms with E-state index < -0.39 is 35.6 Å². The molecule has 0 radical (unpaired) electrons. The van der Waals surface area contributed by atoms with E-state index in [1.807, 2.05) is 18.2 Å². The van der Waals surface area contributed by atoms with Crippen molar-refractivity contribution in [3.63, 3.8) is 0 Å². The highest BCUT2D eigenvalue weighted by atomic mass is 16.5. The molecule has 74 heavy (non-hydrogen) atoms. The summed E-state index contributed by atoms with van der Waals surface area (Å²) in [7, 11) is 2.66. The molecule has 0 aromatic heterocycles. The highest BCUT2D eigenvalue weighted by Crippen LogP contribution is 2.42. The smallest absolute Gasteiger partial charge is 0.342 e. The number of hydrogen-bond acceptors (Lipinski definition) is 13. The quantitative estimate of drug-likeness (QED) is 0.0198. The van der Waals surface area contributed by atoms with Crippen LogP contribution in [0.25, 0.3) is 6.08 Å². The van der Waals surface area contributed by atoms with Gasteiger partial charge in [-0.05, 0) is 103 Å². The lowest BCUT2D eigenvalue weighted by Gasteiger charge is -2.20. The summed E-state index contributed by atoms with van der Waals surface area (Å²) >= 11 is 0. The van der Waals surface area contributed by atoms with Gasteiger partial charge < -0.3 is 55.0 Å². The van der Waals surface area contributed by atoms with E-state index in [-0.39, 0.29) is 94.5 Å². The van der Waals surface area contributed by atoms with Crippen LogP contribution >= 0.6 is 0 Å². The normalized spacial score (nSPS) is 10.9. The molecule has 5 aromatic rings. The number of methoxy groups -OCH3 is 2. The third-order valence-electron chi connectivity index (χ3n) is 10.3. The summed E-state index contributed by atoms with van der Waals surface area (Å²) in [4.78, 5) is 79.8. The Balaban J connectivity index is 1.23. The number of carbonyl (C=O) groups is 6. The molecule has 18 heteroatoms. The van der Waals surface area contributed by atoms with Crippen molar-refractivity contribution >= 4 is 64.3 Å². The van der Waals surface area contributed by atoms with Crippen LogP contribution < -0.4 is 50.3 Å². The molecule has 18 nitrogen and oxygen atoms in total. The molecule has 0 saturated carbocycles. The van der Waals surface area contributed by atoms with Crippen LogP contribution in [0.2, 0.25) is 0 Å². The molecule has 5 aromatic carbocycles. The number of nitrogens with one attached hydrogen (secondary N) is 5. The third-order valence-corrected chi connectivity index (χ3v) is 10.3. The molecule has 0 aliphatic heterocycles. The van der Waals surface area contributed by atoms with Crippen LogP contribution in [0.4, 0.5) is 22.7 Å². The Morgan fingerprint density at radius 2 is 1.07 bits per heavy atom. The summed E-state index contributed by atoms with van der Waals surface area (Å²) in [5, 5.41) is 23.0. The third kappa shape index (κ3) is 14.8. The van der Waals surface area contributed by atoms with E-state index in [0.29, 0.717) is 23.6 Å². The van der Waals surface area contributed by atoms with Gasteiger partial charge in [0.05, 0.1) is 43.6 Å². The number of benzene rings is 5. The van der Waals surface area contributed by atoms with E-state index in [1.54, 1.807) is 31.2 Å². The number of ether oxygens (including phenoxy) is 6. The van der Waals surface area contributed by atoms with Crippen molar-refractivity contribution in [2.24, 2.45) is 0 Å². The fraction of sp³-hybridized carbons (Fsp3) is 0.161. The zero-order valence-electron chi connectivity index (χ0n) is 40.9. The number of carbonyl (C=O) groups excluding carboxylic acids is 6. The number of esters is 1. The lowest BCUT2D eigenvalue weighted by Crippen LogP contribution is -2.43. The zero-order chi connectivity index (χ0) is 53.6. The Bertz CT molecular complexity index is 2980. The van der Waals surface area contributed by atoms with Gasteiger partial charge in [0, 0.05) is 28.1 Å². The second-order valence-electron chi connectivity index (χ2n) is 15.5. The van der Waals surface area contributed by atoms with E-state index in [2.05, 4.69) is 52.9 Å². The van der Waals surface area contributed by atoms with Gasteiger partial charge in [-0.15, -0.1) is 0 Å². The molecular weight excluding hydrogens is 949 g/mol. The number of nitriles is 1. The first-order valence-electron chi connectivity index (χ1n) is 22.6. The van der Waals surface area contributed by atoms with Gasteiger partial charge in [-0.3, -0.25) is 24.0 Å². The first kappa shape index (κ1) is 55.0. The minimum absolute atomic E-state index is 0.0000486. The minimum Gasteiger partial charge on any atom is -0.491 e. The average Bonchev–Trinajstić information content (AvgIpc) is 3.40. The number of anilines is 4. The molecule has 0 fully saturated rings. The largest absolute Gasteiger partial charge is 0.491 e. The second-order valence-corrected chi connectivity index (χ2v) is 15.5. The van der Waals surface area contributed by atoms with E-state index >= 15 is 0 Å². The molecule has 5 amide bonds. The number of nitrogens with zero attached hydrogens (tertiary/aromatic N) is 1. The molecule has 0 bridgehead atoms. The minimum atomic E-state index is -1.25. The second kappa shape index (κ2) is 27.5. The van der Waals surface area contributed by atoms with Crippen molar-refractivity contribution in [1.29, 1.82) is 5.26 Å². The van der Waals surface area contributed by atoms with Crippen LogP contribution in [0.15, 0.2) is 153 Å². The first-order valence-corrected chi connectivity index (χ1v) is 22.6. The summed E-state index contributed by atoms with van der Waals surface area (Å²) in [6.45, 7) is 16.5. The van der Waals surface area contributed by atoms with Gasteiger partial charge >= 0.3 is 5.97 Å². The maximum atomic E-state index is 13.9. The Morgan fingerprint density at radius 1 is 0.568 bits per heavy atom. The van der Waals surface area contributed by atoms with Gasteiger partial charge in [0.1, 0.15) is 43.8 Å². The van der Waals surface area contributed by atoms with Crippen molar-refractivity contribution in [2.45, 2.75) is 19.4 Å². The van der Waals surface area contributed by atoms with Crippen molar-refractivity contribution in [3.8, 4) is 34.8 Å². The van der Waals surface area contributed by atoms with E-state index in [4.69, 9.17) is 28.4 Å². The SMILES string of the molecule is C=CCOC(=O)c1ccc(NC(=O)c2ccc(NC(=O)c3ccc(NC(=O)[C@H](CC#N)NC(=O)c4ccc(NC(=O)/C(C)=C/c5ccc(OCC=C)cc5)cc4)cc3)c(OC)c2OCC=C)c(OC)c1OCC=C. The predicted molar refractivity (Wildman–Crippen MR) is 281 cm³/mol. The lowest BCUT2D eigenvalue weighted by atomic mass is 10.1. The van der Waals surface area contributed by atoms with Crippen molar-refractivity contribution in [2.75, 3.05) is 61.9 Å². The van der Waals surface area contributed by atoms with Gasteiger partial charge in [0.25, 0.3) is 23.6 Å². The maximum Gasteiger partial charge on any atom is 0.342 e. The van der Waals surface area contributed by atoms with Gasteiger partial charge in [-0.1, -0.05) is 62.8 Å². The fourth-order valence-electron chi connectivity index (χ4n) is 6.78. The van der Waals surface area contributed by atoms with Crippen molar-refractivity contribution in [1.82, 2.24) is 5.32 Å². The highest BCUT2D eigenvalue weighted by molar-refractivity contribution is 6.11. The molecule has 0 spiro atoms. The van der Waals surface area contributed by atoms with Gasteiger partial charge in [0.15, 0.2) is 23.0 Å². The predicted octanol–water partition coefficient (Wildman–Crippen LogP) is 8.94. The first-order chi connectivity index (χ1) is 35.8. The molecule has 5 N–H and O–H groups in total. The van der Waals surface area contributed by atoms with Crippen LogP contribution in [-0.4, -0.2) is 82.2 Å². The standard InChI is InChI=1S/C56H54N6O12/c1-8-30-71-41-22-12-36(13-23-41)34-35(5)51(63)58-39-18-14-38(15-19-39)53(65)62-46(28-29-57)55(67)59-40-20-16-37(17-21-40)52(64)60-44-26-24-42(47(49(44)69-6)72-31-9-2)54(66)61-45-27-25-43(56(68)74-33-11-4)48(50(45)70-7)73-32-10-3/h8-27,34,46H,1-4,28,30-33H2,5-7H3,(H,58,63)(H,59,67)(H,60,64)(H,61,66)(H,62,65)/b35-34+/t46-/m0/s1. The van der Waals surface area contributed by atoms with Crippen LogP contribution in [0, 0.1) is 11.3 Å². The highest BCUT2D eigenvalue weighted by Gasteiger charge is 2.27. The molecule has 5 rings (SSSR count). The average molecular weight is 1000 g/mol. The number of hydrogen-bond donors (Lipinski definition) is 5.